The zero-order valence-corrected chi connectivity index (χ0v) is 10.6. The van der Waals surface area contributed by atoms with Crippen molar-refractivity contribution in [3.05, 3.63) is 60.2 Å². The van der Waals surface area contributed by atoms with Crippen molar-refractivity contribution < 1.29 is 9.94 Å². The van der Waals surface area contributed by atoms with Crippen molar-refractivity contribution >= 4 is 5.69 Å². The number of hydrogen-bond donors (Lipinski definition) is 1. The third-order valence-corrected chi connectivity index (χ3v) is 2.50. The molecule has 0 saturated carbocycles. The molecule has 0 atom stereocenters. The number of rotatable bonds is 5. The largest absolute Gasteiger partial charge is 0.497 e. The second kappa shape index (κ2) is 6.51. The van der Waals surface area contributed by atoms with E-state index in [0.29, 0.717) is 12.2 Å². The molecule has 98 valence electrons. The molecule has 0 radical (unpaired) electrons. The van der Waals surface area contributed by atoms with Crippen molar-refractivity contribution in [3.8, 4) is 5.75 Å². The number of hydrogen-bond acceptors (Lipinski definition) is 4. The summed E-state index contributed by atoms with van der Waals surface area (Å²) in [6.07, 6.45) is 0. The van der Waals surface area contributed by atoms with Gasteiger partial charge in [0.1, 0.15) is 5.75 Å². The van der Waals surface area contributed by atoms with E-state index in [-0.39, 0.29) is 0 Å². The number of benzene rings is 2. The predicted molar refractivity (Wildman–Crippen MR) is 71.3 cm³/mol. The molecule has 2 aromatic rings. The smallest absolute Gasteiger partial charge is 0.119 e. The molecule has 5 heteroatoms. The monoisotopic (exact) mass is 257 g/mol. The summed E-state index contributed by atoms with van der Waals surface area (Å²) in [7, 11) is 1.60. The molecule has 0 saturated heterocycles. The van der Waals surface area contributed by atoms with E-state index in [1.807, 2.05) is 30.3 Å². The summed E-state index contributed by atoms with van der Waals surface area (Å²) in [6.45, 7) is 0.292. The van der Waals surface area contributed by atoms with Crippen LogP contribution in [0.4, 0.5) is 5.69 Å². The Hall–Kier alpha value is -2.40. The van der Waals surface area contributed by atoms with Crippen molar-refractivity contribution in [2.24, 2.45) is 10.3 Å². The molecule has 0 bridgehead atoms. The summed E-state index contributed by atoms with van der Waals surface area (Å²) in [6, 6.07) is 16.6. The highest BCUT2D eigenvalue weighted by Crippen LogP contribution is 2.18. The van der Waals surface area contributed by atoms with Crippen LogP contribution in [0.1, 0.15) is 5.56 Å². The van der Waals surface area contributed by atoms with Crippen LogP contribution in [0.15, 0.2) is 64.9 Å². The molecule has 0 unspecified atom stereocenters. The van der Waals surface area contributed by atoms with Gasteiger partial charge in [-0.2, -0.15) is 5.17 Å². The first-order valence-electron chi connectivity index (χ1n) is 5.84. The Morgan fingerprint density at radius 3 is 2.37 bits per heavy atom. The first-order chi connectivity index (χ1) is 9.28. The summed E-state index contributed by atoms with van der Waals surface area (Å²) < 4.78 is 5.04. The standard InChI is InChI=1S/C14H15N3O2/c1-19-14-9-7-13(8-10-14)15-16-17(18)11-12-5-3-2-4-6-12/h2-10,18H,11H2,1H3. The van der Waals surface area contributed by atoms with Crippen LogP contribution in [0.3, 0.4) is 0 Å². The lowest BCUT2D eigenvalue weighted by atomic mass is 10.2. The summed E-state index contributed by atoms with van der Waals surface area (Å²) in [5, 5.41) is 18.1. The second-order valence-electron chi connectivity index (χ2n) is 3.90. The van der Waals surface area contributed by atoms with Crippen LogP contribution in [0.5, 0.6) is 5.75 Å². The molecular formula is C14H15N3O2. The van der Waals surface area contributed by atoms with Crippen molar-refractivity contribution in [2.45, 2.75) is 6.54 Å². The minimum absolute atomic E-state index is 0.292. The molecule has 19 heavy (non-hydrogen) atoms. The van der Waals surface area contributed by atoms with Gasteiger partial charge in [0.05, 0.1) is 19.3 Å². The van der Waals surface area contributed by atoms with E-state index in [2.05, 4.69) is 10.3 Å². The van der Waals surface area contributed by atoms with E-state index < -0.39 is 0 Å². The summed E-state index contributed by atoms with van der Waals surface area (Å²) in [5.41, 5.74) is 1.60. The van der Waals surface area contributed by atoms with Gasteiger partial charge in [0.15, 0.2) is 0 Å². The summed E-state index contributed by atoms with van der Waals surface area (Å²) in [5.74, 6) is 0.754. The van der Waals surface area contributed by atoms with Gasteiger partial charge in [0, 0.05) is 0 Å². The van der Waals surface area contributed by atoms with Gasteiger partial charge in [-0.25, -0.2) is 0 Å². The van der Waals surface area contributed by atoms with Gasteiger partial charge in [0.25, 0.3) is 0 Å². The molecule has 0 amide bonds. The van der Waals surface area contributed by atoms with Crippen LogP contribution >= 0.6 is 0 Å². The Morgan fingerprint density at radius 2 is 1.74 bits per heavy atom. The molecule has 0 aliphatic carbocycles. The topological polar surface area (TPSA) is 57.4 Å². The highest BCUT2D eigenvalue weighted by molar-refractivity contribution is 5.40. The Bertz CT molecular complexity index is 526. The van der Waals surface area contributed by atoms with E-state index in [4.69, 9.17) is 4.74 Å². The fraction of sp³-hybridized carbons (Fsp3) is 0.143. The van der Waals surface area contributed by atoms with Crippen LogP contribution < -0.4 is 4.74 Å². The van der Waals surface area contributed by atoms with Crippen molar-refractivity contribution in [3.63, 3.8) is 0 Å². The lowest BCUT2D eigenvalue weighted by molar-refractivity contribution is -0.106. The van der Waals surface area contributed by atoms with E-state index in [9.17, 15) is 5.21 Å². The summed E-state index contributed by atoms with van der Waals surface area (Å²) in [4.78, 5) is 0. The molecule has 2 rings (SSSR count). The Labute approximate surface area is 111 Å². The van der Waals surface area contributed by atoms with Crippen molar-refractivity contribution in [1.82, 2.24) is 5.17 Å². The van der Waals surface area contributed by atoms with Crippen LogP contribution in [-0.4, -0.2) is 17.5 Å². The zero-order chi connectivity index (χ0) is 13.5. The number of hydroxylamine groups is 1. The van der Waals surface area contributed by atoms with Crippen molar-refractivity contribution in [2.75, 3.05) is 7.11 Å². The third-order valence-electron chi connectivity index (χ3n) is 2.50. The molecule has 0 spiro atoms. The molecule has 5 nitrogen and oxygen atoms in total. The van der Waals surface area contributed by atoms with Crippen LogP contribution in [0.2, 0.25) is 0 Å². The van der Waals surface area contributed by atoms with Gasteiger partial charge in [-0.1, -0.05) is 30.3 Å². The Kier molecular flexibility index (Phi) is 4.47. The average Bonchev–Trinajstić information content (AvgIpc) is 2.47. The number of ether oxygens (including phenoxy) is 1. The molecule has 0 aliphatic rings. The first kappa shape index (κ1) is 13.0. The second-order valence-corrected chi connectivity index (χ2v) is 3.90. The fourth-order valence-electron chi connectivity index (χ4n) is 1.53. The van der Waals surface area contributed by atoms with E-state index in [1.165, 1.54) is 0 Å². The van der Waals surface area contributed by atoms with Crippen LogP contribution in [-0.2, 0) is 6.54 Å². The maximum absolute atomic E-state index is 9.61. The average molecular weight is 257 g/mol. The third kappa shape index (κ3) is 4.08. The SMILES string of the molecule is COc1ccc(N=NN(O)Cc2ccccc2)cc1. The quantitative estimate of drug-likeness (QED) is 0.657. The predicted octanol–water partition coefficient (Wildman–Crippen LogP) is 3.59. The van der Waals surface area contributed by atoms with Gasteiger partial charge < -0.3 is 4.74 Å². The van der Waals surface area contributed by atoms with Gasteiger partial charge in [-0.3, -0.25) is 5.21 Å². The number of methoxy groups -OCH3 is 1. The fourth-order valence-corrected chi connectivity index (χ4v) is 1.53. The maximum atomic E-state index is 9.61. The molecule has 0 aliphatic heterocycles. The minimum Gasteiger partial charge on any atom is -0.497 e. The molecular weight excluding hydrogens is 242 g/mol. The Balaban J connectivity index is 1.94. The van der Waals surface area contributed by atoms with Crippen LogP contribution in [0, 0.1) is 0 Å². The minimum atomic E-state index is 0.292. The molecule has 2 aromatic carbocycles. The van der Waals surface area contributed by atoms with Gasteiger partial charge in [0.2, 0.25) is 0 Å². The normalized spacial score (nSPS) is 10.6. The molecule has 0 heterocycles. The van der Waals surface area contributed by atoms with Crippen molar-refractivity contribution in [1.29, 1.82) is 0 Å². The maximum Gasteiger partial charge on any atom is 0.119 e. The molecule has 0 fully saturated rings. The summed E-state index contributed by atoms with van der Waals surface area (Å²) >= 11 is 0. The van der Waals surface area contributed by atoms with Gasteiger partial charge >= 0.3 is 0 Å². The number of nitrogens with zero attached hydrogens (tertiary/aromatic N) is 3. The molecule has 0 aromatic heterocycles. The first-order valence-corrected chi connectivity index (χ1v) is 5.84. The van der Waals surface area contributed by atoms with Crippen LogP contribution in [0.25, 0.3) is 0 Å². The van der Waals surface area contributed by atoms with E-state index in [0.717, 1.165) is 16.5 Å². The lowest BCUT2D eigenvalue weighted by Crippen LogP contribution is -2.10. The highest BCUT2D eigenvalue weighted by atomic mass is 16.5. The van der Waals surface area contributed by atoms with E-state index in [1.54, 1.807) is 31.4 Å². The molecule has 1 N–H and O–H groups in total. The zero-order valence-electron chi connectivity index (χ0n) is 10.6. The highest BCUT2D eigenvalue weighted by Gasteiger charge is 1.98. The Morgan fingerprint density at radius 1 is 1.05 bits per heavy atom. The van der Waals surface area contributed by atoms with Gasteiger partial charge in [-0.15, -0.1) is 5.11 Å². The lowest BCUT2D eigenvalue weighted by Gasteiger charge is -2.08. The van der Waals surface area contributed by atoms with Gasteiger partial charge in [-0.05, 0) is 35.1 Å². The van der Waals surface area contributed by atoms with E-state index >= 15 is 0 Å².